The van der Waals surface area contributed by atoms with Crippen molar-refractivity contribution in [3.63, 3.8) is 0 Å². The summed E-state index contributed by atoms with van der Waals surface area (Å²) in [6.45, 7) is 2.17. The van der Waals surface area contributed by atoms with E-state index in [2.05, 4.69) is 5.32 Å². The normalized spacial score (nSPS) is 9.64. The maximum absolute atomic E-state index is 13.2. The number of nitrogens with one attached hydrogen (secondary N) is 1. The molecule has 4 heteroatoms. The van der Waals surface area contributed by atoms with Crippen LogP contribution in [0.25, 0.3) is 0 Å². The average molecular weight is 197 g/mol. The van der Waals surface area contributed by atoms with Crippen LogP contribution in [0, 0.1) is 5.82 Å². The highest BCUT2D eigenvalue weighted by Gasteiger charge is 2.08. The smallest absolute Gasteiger partial charge is 0.251 e. The van der Waals surface area contributed by atoms with Crippen molar-refractivity contribution in [2.24, 2.45) is 0 Å². The molecule has 0 aliphatic carbocycles. The molecule has 0 atom stereocenters. The maximum Gasteiger partial charge on any atom is 0.251 e. The van der Waals surface area contributed by atoms with E-state index in [1.165, 1.54) is 19.2 Å². The minimum Gasteiger partial charge on any atom is -0.491 e. The van der Waals surface area contributed by atoms with Crippen LogP contribution in [-0.4, -0.2) is 19.6 Å². The van der Waals surface area contributed by atoms with Crippen LogP contribution in [0.3, 0.4) is 0 Å². The molecule has 0 radical (unpaired) electrons. The van der Waals surface area contributed by atoms with Crippen molar-refractivity contribution in [2.45, 2.75) is 6.92 Å². The minimum atomic E-state index is -0.520. The van der Waals surface area contributed by atoms with Gasteiger partial charge in [0.05, 0.1) is 6.61 Å². The minimum absolute atomic E-state index is 0.167. The van der Waals surface area contributed by atoms with E-state index in [1.807, 2.05) is 0 Å². The van der Waals surface area contributed by atoms with Crippen LogP contribution in [0.4, 0.5) is 4.39 Å². The Morgan fingerprint density at radius 3 is 2.79 bits per heavy atom. The summed E-state index contributed by atoms with van der Waals surface area (Å²) in [5, 5.41) is 2.41. The predicted octanol–water partition coefficient (Wildman–Crippen LogP) is 1.58. The van der Waals surface area contributed by atoms with Crippen molar-refractivity contribution >= 4 is 5.91 Å². The average Bonchev–Trinajstić information content (AvgIpc) is 2.20. The predicted molar refractivity (Wildman–Crippen MR) is 51.0 cm³/mol. The molecular weight excluding hydrogens is 185 g/mol. The van der Waals surface area contributed by atoms with Crippen LogP contribution in [0.15, 0.2) is 18.2 Å². The largest absolute Gasteiger partial charge is 0.491 e. The second-order valence-electron chi connectivity index (χ2n) is 2.66. The van der Waals surface area contributed by atoms with Crippen LogP contribution >= 0.6 is 0 Å². The van der Waals surface area contributed by atoms with Crippen LogP contribution in [0.5, 0.6) is 5.75 Å². The highest BCUT2D eigenvalue weighted by molar-refractivity contribution is 5.94. The van der Waals surface area contributed by atoms with Gasteiger partial charge in [-0.1, -0.05) is 0 Å². The molecule has 0 spiro atoms. The van der Waals surface area contributed by atoms with Gasteiger partial charge in [-0.05, 0) is 25.1 Å². The molecule has 0 fully saturated rings. The zero-order valence-electron chi connectivity index (χ0n) is 8.13. The Hall–Kier alpha value is -1.58. The molecule has 0 aromatic heterocycles. The van der Waals surface area contributed by atoms with Crippen LogP contribution < -0.4 is 10.1 Å². The van der Waals surface area contributed by atoms with Gasteiger partial charge in [-0.15, -0.1) is 0 Å². The standard InChI is InChI=1S/C10H12FNO2/c1-3-14-9-5-4-7(6-8(9)11)10(13)12-2/h4-6H,3H2,1-2H3,(H,12,13). The molecule has 0 saturated heterocycles. The fourth-order valence-electron chi connectivity index (χ4n) is 1.06. The van der Waals surface area contributed by atoms with Crippen molar-refractivity contribution in [1.29, 1.82) is 0 Å². The number of hydrogen-bond acceptors (Lipinski definition) is 2. The lowest BCUT2D eigenvalue weighted by Crippen LogP contribution is -2.17. The molecule has 0 aliphatic heterocycles. The van der Waals surface area contributed by atoms with E-state index in [-0.39, 0.29) is 17.2 Å². The van der Waals surface area contributed by atoms with Crippen molar-refractivity contribution < 1.29 is 13.9 Å². The van der Waals surface area contributed by atoms with E-state index in [4.69, 9.17) is 4.74 Å². The van der Waals surface area contributed by atoms with Crippen molar-refractivity contribution in [3.05, 3.63) is 29.6 Å². The number of benzene rings is 1. The Morgan fingerprint density at radius 2 is 2.29 bits per heavy atom. The van der Waals surface area contributed by atoms with Crippen molar-refractivity contribution in [3.8, 4) is 5.75 Å². The first kappa shape index (κ1) is 10.5. The van der Waals surface area contributed by atoms with Crippen LogP contribution in [0.1, 0.15) is 17.3 Å². The van der Waals surface area contributed by atoms with E-state index >= 15 is 0 Å². The number of halogens is 1. The number of rotatable bonds is 3. The lowest BCUT2D eigenvalue weighted by molar-refractivity contribution is 0.0962. The van der Waals surface area contributed by atoms with Crippen molar-refractivity contribution in [2.75, 3.05) is 13.7 Å². The summed E-state index contributed by atoms with van der Waals surface area (Å²) in [7, 11) is 1.50. The molecule has 1 aromatic carbocycles. The summed E-state index contributed by atoms with van der Waals surface area (Å²) in [5.41, 5.74) is 0.286. The summed E-state index contributed by atoms with van der Waals surface area (Å²) in [6.07, 6.45) is 0. The first-order chi connectivity index (χ1) is 6.69. The number of carbonyl (C=O) groups is 1. The molecule has 0 saturated carbocycles. The van der Waals surface area contributed by atoms with Gasteiger partial charge in [0, 0.05) is 12.6 Å². The van der Waals surface area contributed by atoms with E-state index in [9.17, 15) is 9.18 Å². The van der Waals surface area contributed by atoms with E-state index in [0.717, 1.165) is 6.07 Å². The molecule has 76 valence electrons. The number of hydrogen-bond donors (Lipinski definition) is 1. The van der Waals surface area contributed by atoms with Gasteiger partial charge in [-0.25, -0.2) is 4.39 Å². The number of carbonyl (C=O) groups excluding carboxylic acids is 1. The Labute approximate surface area is 81.9 Å². The first-order valence-corrected chi connectivity index (χ1v) is 4.33. The Kier molecular flexibility index (Phi) is 3.45. The Bertz CT molecular complexity index is 339. The molecular formula is C10H12FNO2. The second-order valence-corrected chi connectivity index (χ2v) is 2.66. The summed E-state index contributed by atoms with van der Waals surface area (Å²) in [5.74, 6) is -0.667. The van der Waals surface area contributed by atoms with Gasteiger partial charge >= 0.3 is 0 Å². The van der Waals surface area contributed by atoms with E-state index in [1.54, 1.807) is 6.92 Å². The fraction of sp³-hybridized carbons (Fsp3) is 0.300. The topological polar surface area (TPSA) is 38.3 Å². The summed E-state index contributed by atoms with van der Waals surface area (Å²) >= 11 is 0. The molecule has 0 bridgehead atoms. The molecule has 1 N–H and O–H groups in total. The van der Waals surface area contributed by atoms with Gasteiger partial charge in [0.15, 0.2) is 11.6 Å². The fourth-order valence-corrected chi connectivity index (χ4v) is 1.06. The van der Waals surface area contributed by atoms with Crippen LogP contribution in [-0.2, 0) is 0 Å². The van der Waals surface area contributed by atoms with Gasteiger partial charge in [0.2, 0.25) is 0 Å². The van der Waals surface area contributed by atoms with Gasteiger partial charge < -0.3 is 10.1 Å². The monoisotopic (exact) mass is 197 g/mol. The lowest BCUT2D eigenvalue weighted by atomic mass is 10.2. The highest BCUT2D eigenvalue weighted by Crippen LogP contribution is 2.18. The Morgan fingerprint density at radius 1 is 1.57 bits per heavy atom. The number of amides is 1. The van der Waals surface area contributed by atoms with Gasteiger partial charge in [0.25, 0.3) is 5.91 Å². The molecule has 14 heavy (non-hydrogen) atoms. The zero-order chi connectivity index (χ0) is 10.6. The summed E-state index contributed by atoms with van der Waals surface area (Å²) < 4.78 is 18.2. The van der Waals surface area contributed by atoms with Crippen molar-refractivity contribution in [1.82, 2.24) is 5.32 Å². The molecule has 3 nitrogen and oxygen atoms in total. The van der Waals surface area contributed by atoms with Crippen LogP contribution in [0.2, 0.25) is 0 Å². The van der Waals surface area contributed by atoms with Gasteiger partial charge in [-0.2, -0.15) is 0 Å². The molecule has 1 amide bonds. The SMILES string of the molecule is CCOc1ccc(C(=O)NC)cc1F. The quantitative estimate of drug-likeness (QED) is 0.799. The maximum atomic E-state index is 13.2. The van der Waals surface area contributed by atoms with Gasteiger partial charge in [0.1, 0.15) is 0 Å². The van der Waals surface area contributed by atoms with E-state index in [0.29, 0.717) is 6.61 Å². The number of ether oxygens (including phenoxy) is 1. The van der Waals surface area contributed by atoms with Gasteiger partial charge in [-0.3, -0.25) is 4.79 Å². The Balaban J connectivity index is 2.94. The highest BCUT2D eigenvalue weighted by atomic mass is 19.1. The zero-order valence-corrected chi connectivity index (χ0v) is 8.13. The molecule has 1 rings (SSSR count). The molecule has 0 heterocycles. The second kappa shape index (κ2) is 4.60. The third kappa shape index (κ3) is 2.22. The molecule has 1 aromatic rings. The molecule has 0 aliphatic rings. The summed E-state index contributed by atoms with van der Waals surface area (Å²) in [6, 6.07) is 4.13. The lowest BCUT2D eigenvalue weighted by Gasteiger charge is -2.05. The molecule has 0 unspecified atom stereocenters. The summed E-state index contributed by atoms with van der Waals surface area (Å²) in [4.78, 5) is 11.1. The third-order valence-corrected chi connectivity index (χ3v) is 1.72. The first-order valence-electron chi connectivity index (χ1n) is 4.33. The van der Waals surface area contributed by atoms with E-state index < -0.39 is 5.82 Å². The third-order valence-electron chi connectivity index (χ3n) is 1.72.